The normalized spacial score (nSPS) is 10.6. The van der Waals surface area contributed by atoms with Crippen molar-refractivity contribution in [2.24, 2.45) is 0 Å². The van der Waals surface area contributed by atoms with Crippen LogP contribution < -0.4 is 5.73 Å². The summed E-state index contributed by atoms with van der Waals surface area (Å²) in [5.74, 6) is -0.946. The van der Waals surface area contributed by atoms with Gasteiger partial charge < -0.3 is 10.5 Å². The molecule has 0 unspecified atom stereocenters. The number of carbonyl (C=O) groups is 1. The van der Waals surface area contributed by atoms with E-state index in [9.17, 15) is 9.18 Å². The van der Waals surface area contributed by atoms with Crippen LogP contribution in [0.4, 0.5) is 10.1 Å². The van der Waals surface area contributed by atoms with Gasteiger partial charge in [0.25, 0.3) is 0 Å². The van der Waals surface area contributed by atoms with Gasteiger partial charge in [-0.25, -0.2) is 4.98 Å². The number of ether oxygens (including phenoxy) is 1. The van der Waals surface area contributed by atoms with Gasteiger partial charge in [-0.2, -0.15) is 4.39 Å². The number of halogens is 1. The molecule has 0 saturated heterocycles. The van der Waals surface area contributed by atoms with Crippen LogP contribution in [0.5, 0.6) is 0 Å². The summed E-state index contributed by atoms with van der Waals surface area (Å²) in [6.45, 7) is 2.07. The standard InChI is InChI=1S/C11H13FN2O2/c1-2-16-11(15)5-3-4-9-8(13)6-7-10(12)14-9/h3-4,6-7H,2,5,13H2,1H3. The fraction of sp³-hybridized carbons (Fsp3) is 0.273. The summed E-state index contributed by atoms with van der Waals surface area (Å²) in [7, 11) is 0. The molecule has 1 heterocycles. The van der Waals surface area contributed by atoms with E-state index in [-0.39, 0.29) is 12.4 Å². The van der Waals surface area contributed by atoms with E-state index in [1.54, 1.807) is 6.92 Å². The number of anilines is 1. The summed E-state index contributed by atoms with van der Waals surface area (Å²) in [6.07, 6.45) is 3.15. The van der Waals surface area contributed by atoms with Gasteiger partial charge in [0.2, 0.25) is 5.95 Å². The minimum Gasteiger partial charge on any atom is -0.466 e. The summed E-state index contributed by atoms with van der Waals surface area (Å²) in [6, 6.07) is 2.60. The molecule has 0 atom stereocenters. The third-order valence-corrected chi connectivity index (χ3v) is 1.79. The average molecular weight is 224 g/mol. The minimum absolute atomic E-state index is 0.117. The van der Waals surface area contributed by atoms with Crippen LogP contribution in [0.15, 0.2) is 18.2 Å². The summed E-state index contributed by atoms with van der Waals surface area (Å²) in [5, 5.41) is 0. The third kappa shape index (κ3) is 3.68. The number of nitrogen functional groups attached to an aromatic ring is 1. The van der Waals surface area contributed by atoms with Gasteiger partial charge in [0.1, 0.15) is 0 Å². The molecule has 0 spiro atoms. The van der Waals surface area contributed by atoms with Crippen molar-refractivity contribution in [1.29, 1.82) is 0 Å². The maximum absolute atomic E-state index is 12.8. The highest BCUT2D eigenvalue weighted by Gasteiger charge is 2.00. The van der Waals surface area contributed by atoms with Crippen molar-refractivity contribution < 1.29 is 13.9 Å². The van der Waals surface area contributed by atoms with E-state index < -0.39 is 5.95 Å². The third-order valence-electron chi connectivity index (χ3n) is 1.79. The van der Waals surface area contributed by atoms with Gasteiger partial charge in [-0.1, -0.05) is 6.08 Å². The quantitative estimate of drug-likeness (QED) is 0.625. The van der Waals surface area contributed by atoms with Crippen LogP contribution >= 0.6 is 0 Å². The molecule has 0 amide bonds. The van der Waals surface area contributed by atoms with E-state index in [2.05, 4.69) is 4.98 Å². The molecule has 0 saturated carbocycles. The number of nitrogens with two attached hydrogens (primary N) is 1. The first-order valence-corrected chi connectivity index (χ1v) is 4.87. The molecule has 0 radical (unpaired) electrons. The van der Waals surface area contributed by atoms with Gasteiger partial charge >= 0.3 is 5.97 Å². The Kier molecular flexibility index (Phi) is 4.44. The molecule has 1 aromatic heterocycles. The molecule has 2 N–H and O–H groups in total. The van der Waals surface area contributed by atoms with E-state index in [4.69, 9.17) is 10.5 Å². The van der Waals surface area contributed by atoms with Crippen molar-refractivity contribution in [2.45, 2.75) is 13.3 Å². The first kappa shape index (κ1) is 12.2. The van der Waals surface area contributed by atoms with Gasteiger partial charge in [0.05, 0.1) is 24.4 Å². The van der Waals surface area contributed by atoms with Gasteiger partial charge in [0.15, 0.2) is 0 Å². The highest BCUT2D eigenvalue weighted by atomic mass is 19.1. The lowest BCUT2D eigenvalue weighted by molar-refractivity contribution is -0.142. The first-order valence-electron chi connectivity index (χ1n) is 4.87. The summed E-state index contributed by atoms with van der Waals surface area (Å²) in [4.78, 5) is 14.6. The number of pyridine rings is 1. The van der Waals surface area contributed by atoms with Crippen molar-refractivity contribution in [3.63, 3.8) is 0 Å². The SMILES string of the molecule is CCOC(=O)CC=Cc1nc(F)ccc1N. The Morgan fingerprint density at radius 2 is 2.38 bits per heavy atom. The van der Waals surface area contributed by atoms with Crippen molar-refractivity contribution in [2.75, 3.05) is 12.3 Å². The predicted octanol–water partition coefficient (Wildman–Crippen LogP) is 1.77. The van der Waals surface area contributed by atoms with Crippen LogP contribution in [0.3, 0.4) is 0 Å². The molecule has 1 aromatic rings. The Morgan fingerprint density at radius 3 is 3.06 bits per heavy atom. The maximum Gasteiger partial charge on any atom is 0.309 e. The predicted molar refractivity (Wildman–Crippen MR) is 58.9 cm³/mol. The Labute approximate surface area is 92.9 Å². The second-order valence-corrected chi connectivity index (χ2v) is 3.02. The number of esters is 1. The van der Waals surface area contributed by atoms with Crippen molar-refractivity contribution in [3.8, 4) is 0 Å². The molecule has 0 aliphatic rings. The molecule has 0 bridgehead atoms. The molecular weight excluding hydrogens is 211 g/mol. The molecule has 4 nitrogen and oxygen atoms in total. The van der Waals surface area contributed by atoms with Gasteiger partial charge in [0, 0.05) is 0 Å². The summed E-state index contributed by atoms with van der Waals surface area (Å²) < 4.78 is 17.5. The van der Waals surface area contributed by atoms with Crippen molar-refractivity contribution in [1.82, 2.24) is 4.98 Å². The van der Waals surface area contributed by atoms with E-state index >= 15 is 0 Å². The zero-order valence-electron chi connectivity index (χ0n) is 8.94. The Morgan fingerprint density at radius 1 is 1.62 bits per heavy atom. The van der Waals surface area contributed by atoms with Crippen molar-refractivity contribution >= 4 is 17.7 Å². The highest BCUT2D eigenvalue weighted by Crippen LogP contribution is 2.11. The molecule has 0 aliphatic heterocycles. The minimum atomic E-state index is -0.606. The fourth-order valence-electron chi connectivity index (χ4n) is 1.08. The molecule has 1 rings (SSSR count). The zero-order valence-corrected chi connectivity index (χ0v) is 8.94. The maximum atomic E-state index is 12.8. The molecule has 0 aliphatic carbocycles. The Hall–Kier alpha value is -1.91. The lowest BCUT2D eigenvalue weighted by Crippen LogP contribution is -2.01. The Bertz CT molecular complexity index is 405. The van der Waals surface area contributed by atoms with Crippen LogP contribution in [0, 0.1) is 5.95 Å². The Balaban J connectivity index is 2.62. The fourth-order valence-corrected chi connectivity index (χ4v) is 1.08. The second-order valence-electron chi connectivity index (χ2n) is 3.02. The summed E-state index contributed by atoms with van der Waals surface area (Å²) >= 11 is 0. The number of carbonyl (C=O) groups excluding carboxylic acids is 1. The largest absolute Gasteiger partial charge is 0.466 e. The molecular formula is C11H13FN2O2. The van der Waals surface area contributed by atoms with Crippen LogP contribution in [-0.4, -0.2) is 17.6 Å². The lowest BCUT2D eigenvalue weighted by atomic mass is 10.2. The molecule has 5 heteroatoms. The monoisotopic (exact) mass is 224 g/mol. The van der Waals surface area contributed by atoms with Crippen LogP contribution in [0.1, 0.15) is 19.0 Å². The van der Waals surface area contributed by atoms with E-state index in [1.165, 1.54) is 24.3 Å². The zero-order chi connectivity index (χ0) is 12.0. The second kappa shape index (κ2) is 5.85. The molecule has 0 fully saturated rings. The first-order chi connectivity index (χ1) is 7.63. The smallest absolute Gasteiger partial charge is 0.309 e. The summed E-state index contributed by atoms with van der Waals surface area (Å²) in [5.41, 5.74) is 6.24. The van der Waals surface area contributed by atoms with E-state index in [0.29, 0.717) is 18.0 Å². The number of rotatable bonds is 4. The van der Waals surface area contributed by atoms with Crippen molar-refractivity contribution in [3.05, 3.63) is 29.9 Å². The van der Waals surface area contributed by atoms with E-state index in [0.717, 1.165) is 0 Å². The number of hydrogen-bond donors (Lipinski definition) is 1. The number of aromatic nitrogens is 1. The number of hydrogen-bond acceptors (Lipinski definition) is 4. The molecule has 0 aromatic carbocycles. The van der Waals surface area contributed by atoms with Crippen LogP contribution in [0.25, 0.3) is 6.08 Å². The number of nitrogens with zero attached hydrogens (tertiary/aromatic N) is 1. The van der Waals surface area contributed by atoms with Gasteiger partial charge in [-0.05, 0) is 25.1 Å². The molecule has 86 valence electrons. The van der Waals surface area contributed by atoms with Crippen LogP contribution in [0.2, 0.25) is 0 Å². The topological polar surface area (TPSA) is 65.2 Å². The van der Waals surface area contributed by atoms with Gasteiger partial charge in [-0.3, -0.25) is 4.79 Å². The highest BCUT2D eigenvalue weighted by molar-refractivity contribution is 5.73. The van der Waals surface area contributed by atoms with Crippen LogP contribution in [-0.2, 0) is 9.53 Å². The molecule has 16 heavy (non-hydrogen) atoms. The van der Waals surface area contributed by atoms with E-state index in [1.807, 2.05) is 0 Å². The average Bonchev–Trinajstić information content (AvgIpc) is 2.23. The lowest BCUT2D eigenvalue weighted by Gasteiger charge is -1.99. The van der Waals surface area contributed by atoms with Gasteiger partial charge in [-0.15, -0.1) is 0 Å².